The molecule has 7 heteroatoms. The molecule has 3 nitrogen and oxygen atoms in total. The molecule has 90 valence electrons. The van der Waals surface area contributed by atoms with Crippen molar-refractivity contribution in [3.63, 3.8) is 0 Å². The highest BCUT2D eigenvalue weighted by molar-refractivity contribution is 7.89. The minimum atomic E-state index is -3.67. The average molecular weight is 286 g/mol. The summed E-state index contributed by atoms with van der Waals surface area (Å²) in [5.74, 6) is -0.822. The van der Waals surface area contributed by atoms with Gasteiger partial charge in [0, 0.05) is 6.54 Å². The van der Waals surface area contributed by atoms with Crippen LogP contribution in [0.1, 0.15) is 13.3 Å². The second-order valence-corrected chi connectivity index (χ2v) is 5.68. The molecule has 0 aliphatic heterocycles. The highest BCUT2D eigenvalue weighted by atomic mass is 35.5. The maximum atomic E-state index is 13.1. The topological polar surface area (TPSA) is 46.2 Å². The first-order valence-electron chi connectivity index (χ1n) is 4.52. The van der Waals surface area contributed by atoms with Crippen LogP contribution in [0.15, 0.2) is 17.0 Å². The van der Waals surface area contributed by atoms with Crippen LogP contribution in [-0.2, 0) is 10.0 Å². The molecule has 1 aromatic rings. The van der Waals surface area contributed by atoms with Crippen LogP contribution in [0.2, 0.25) is 10.0 Å². The Labute approximate surface area is 104 Å². The van der Waals surface area contributed by atoms with Crippen LogP contribution in [0.25, 0.3) is 0 Å². The molecule has 0 fully saturated rings. The Morgan fingerprint density at radius 1 is 1.31 bits per heavy atom. The molecular weight excluding hydrogens is 276 g/mol. The van der Waals surface area contributed by atoms with Crippen LogP contribution >= 0.6 is 23.2 Å². The molecular formula is C9H10Cl2FNO2S. The lowest BCUT2D eigenvalue weighted by Crippen LogP contribution is -2.24. The van der Waals surface area contributed by atoms with Crippen molar-refractivity contribution >= 4 is 33.2 Å². The molecule has 0 aliphatic carbocycles. The molecule has 0 atom stereocenters. The largest absolute Gasteiger partial charge is 0.240 e. The third kappa shape index (κ3) is 3.07. The van der Waals surface area contributed by atoms with Gasteiger partial charge in [-0.1, -0.05) is 30.1 Å². The lowest BCUT2D eigenvalue weighted by Gasteiger charge is -2.07. The van der Waals surface area contributed by atoms with Gasteiger partial charge in [0.25, 0.3) is 0 Å². The zero-order valence-corrected chi connectivity index (χ0v) is 10.8. The van der Waals surface area contributed by atoms with Gasteiger partial charge in [-0.25, -0.2) is 17.5 Å². The fraction of sp³-hybridized carbons (Fsp3) is 0.333. The summed E-state index contributed by atoms with van der Waals surface area (Å²) < 4.78 is 38.7. The van der Waals surface area contributed by atoms with Gasteiger partial charge in [0.1, 0.15) is 0 Å². The van der Waals surface area contributed by atoms with E-state index in [1.165, 1.54) is 0 Å². The van der Waals surface area contributed by atoms with E-state index in [9.17, 15) is 12.8 Å². The molecule has 0 heterocycles. The van der Waals surface area contributed by atoms with E-state index in [2.05, 4.69) is 4.72 Å². The van der Waals surface area contributed by atoms with E-state index in [0.29, 0.717) is 13.0 Å². The van der Waals surface area contributed by atoms with Gasteiger partial charge in [0.15, 0.2) is 5.82 Å². The molecule has 1 rings (SSSR count). The Morgan fingerprint density at radius 2 is 1.81 bits per heavy atom. The lowest BCUT2D eigenvalue weighted by atomic mass is 10.3. The van der Waals surface area contributed by atoms with E-state index >= 15 is 0 Å². The number of hydrogen-bond donors (Lipinski definition) is 1. The normalized spacial score (nSPS) is 11.8. The highest BCUT2D eigenvalue weighted by Gasteiger charge is 2.17. The molecule has 0 unspecified atom stereocenters. The Hall–Kier alpha value is -0.360. The van der Waals surface area contributed by atoms with Gasteiger partial charge in [-0.05, 0) is 18.6 Å². The third-order valence-electron chi connectivity index (χ3n) is 1.81. The average Bonchev–Trinajstić information content (AvgIpc) is 2.22. The molecule has 0 amide bonds. The zero-order valence-electron chi connectivity index (χ0n) is 8.43. The summed E-state index contributed by atoms with van der Waals surface area (Å²) in [6, 6.07) is 2.06. The standard InChI is InChI=1S/C9H10Cl2FNO2S/c1-2-3-13-16(14,15)6-4-7(10)9(12)8(11)5-6/h4-5,13H,2-3H2,1H3. The molecule has 1 N–H and O–H groups in total. The smallest absolute Gasteiger partial charge is 0.211 e. The summed E-state index contributed by atoms with van der Waals surface area (Å²) in [6.07, 6.45) is 0.655. The Balaban J connectivity index is 3.14. The van der Waals surface area contributed by atoms with Crippen molar-refractivity contribution in [2.24, 2.45) is 0 Å². The van der Waals surface area contributed by atoms with Crippen molar-refractivity contribution in [3.8, 4) is 0 Å². The molecule has 0 aliphatic rings. The van der Waals surface area contributed by atoms with Crippen molar-refractivity contribution in [1.82, 2.24) is 4.72 Å². The first-order valence-corrected chi connectivity index (χ1v) is 6.76. The lowest BCUT2D eigenvalue weighted by molar-refractivity contribution is 0.580. The van der Waals surface area contributed by atoms with Crippen LogP contribution in [0.4, 0.5) is 4.39 Å². The molecule has 0 aromatic heterocycles. The van der Waals surface area contributed by atoms with Gasteiger partial charge in [-0.15, -0.1) is 0 Å². The van der Waals surface area contributed by atoms with Gasteiger partial charge >= 0.3 is 0 Å². The van der Waals surface area contributed by atoms with E-state index < -0.39 is 15.8 Å². The predicted molar refractivity (Wildman–Crippen MR) is 61.9 cm³/mol. The number of halogens is 3. The third-order valence-corrected chi connectivity index (χ3v) is 3.80. The summed E-state index contributed by atoms with van der Waals surface area (Å²) in [4.78, 5) is -0.141. The van der Waals surface area contributed by atoms with E-state index in [1.54, 1.807) is 0 Å². The van der Waals surface area contributed by atoms with Crippen LogP contribution in [0, 0.1) is 5.82 Å². The van der Waals surface area contributed by atoms with E-state index in [-0.39, 0.29) is 14.9 Å². The van der Waals surface area contributed by atoms with Gasteiger partial charge < -0.3 is 0 Å². The van der Waals surface area contributed by atoms with E-state index in [1.807, 2.05) is 6.92 Å². The Bertz CT molecular complexity index is 467. The quantitative estimate of drug-likeness (QED) is 0.865. The minimum Gasteiger partial charge on any atom is -0.211 e. The first kappa shape index (κ1) is 13.7. The predicted octanol–water partition coefficient (Wildman–Crippen LogP) is 2.82. The maximum absolute atomic E-state index is 13.1. The van der Waals surface area contributed by atoms with Gasteiger partial charge in [0.2, 0.25) is 10.0 Å². The van der Waals surface area contributed by atoms with E-state index in [0.717, 1.165) is 12.1 Å². The highest BCUT2D eigenvalue weighted by Crippen LogP contribution is 2.26. The number of benzene rings is 1. The van der Waals surface area contributed by atoms with Gasteiger partial charge in [0.05, 0.1) is 14.9 Å². The van der Waals surface area contributed by atoms with Crippen LogP contribution < -0.4 is 4.72 Å². The number of rotatable bonds is 4. The van der Waals surface area contributed by atoms with E-state index in [4.69, 9.17) is 23.2 Å². The number of nitrogens with one attached hydrogen (secondary N) is 1. The second kappa shape index (κ2) is 5.31. The molecule has 0 saturated heterocycles. The van der Waals surface area contributed by atoms with Crippen molar-refractivity contribution in [3.05, 3.63) is 28.0 Å². The summed E-state index contributed by atoms with van der Waals surface area (Å²) in [5, 5.41) is -0.631. The number of sulfonamides is 1. The molecule has 0 radical (unpaired) electrons. The fourth-order valence-corrected chi connectivity index (χ4v) is 2.81. The Morgan fingerprint density at radius 3 is 2.25 bits per heavy atom. The molecule has 1 aromatic carbocycles. The monoisotopic (exact) mass is 285 g/mol. The van der Waals surface area contributed by atoms with Gasteiger partial charge in [-0.2, -0.15) is 0 Å². The number of hydrogen-bond acceptors (Lipinski definition) is 2. The summed E-state index contributed by atoms with van der Waals surface area (Å²) in [5.41, 5.74) is 0. The summed E-state index contributed by atoms with van der Waals surface area (Å²) in [7, 11) is -3.67. The molecule has 16 heavy (non-hydrogen) atoms. The van der Waals surface area contributed by atoms with Crippen molar-refractivity contribution in [2.45, 2.75) is 18.2 Å². The summed E-state index contributed by atoms with van der Waals surface area (Å²) in [6.45, 7) is 2.13. The van der Waals surface area contributed by atoms with Crippen LogP contribution in [-0.4, -0.2) is 15.0 Å². The molecule has 0 bridgehead atoms. The molecule has 0 spiro atoms. The first-order chi connectivity index (χ1) is 7.38. The fourth-order valence-electron chi connectivity index (χ4n) is 1.01. The minimum absolute atomic E-state index is 0.141. The van der Waals surface area contributed by atoms with Crippen molar-refractivity contribution < 1.29 is 12.8 Å². The zero-order chi connectivity index (χ0) is 12.3. The Kier molecular flexibility index (Phi) is 4.55. The van der Waals surface area contributed by atoms with Crippen LogP contribution in [0.5, 0.6) is 0 Å². The van der Waals surface area contributed by atoms with Crippen molar-refractivity contribution in [2.75, 3.05) is 6.54 Å². The second-order valence-electron chi connectivity index (χ2n) is 3.10. The molecule has 0 saturated carbocycles. The SMILES string of the molecule is CCCNS(=O)(=O)c1cc(Cl)c(F)c(Cl)c1. The van der Waals surface area contributed by atoms with Gasteiger partial charge in [-0.3, -0.25) is 0 Å². The maximum Gasteiger partial charge on any atom is 0.240 e. The van der Waals surface area contributed by atoms with Crippen molar-refractivity contribution in [1.29, 1.82) is 0 Å². The van der Waals surface area contributed by atoms with Crippen LogP contribution in [0.3, 0.4) is 0 Å². The summed E-state index contributed by atoms with van der Waals surface area (Å²) >= 11 is 11.0.